The normalized spacial score (nSPS) is 0. The van der Waals surface area contributed by atoms with Gasteiger partial charge in [0.1, 0.15) is 0 Å². The number of hydrogen-bond acceptors (Lipinski definition) is 0. The summed E-state index contributed by atoms with van der Waals surface area (Å²) in [5.74, 6) is 0. The minimum absolute atomic E-state index is 0. The van der Waals surface area contributed by atoms with Crippen LogP contribution in [0.1, 0.15) is 0 Å². The van der Waals surface area contributed by atoms with Gasteiger partial charge in [0.05, 0.1) is 0 Å². The van der Waals surface area contributed by atoms with Gasteiger partial charge >= 0.3 is 0 Å². The van der Waals surface area contributed by atoms with Crippen LogP contribution in [-0.2, 0) is 0 Å². The van der Waals surface area contributed by atoms with E-state index >= 15 is 0 Å². The van der Waals surface area contributed by atoms with E-state index in [0.717, 1.165) is 0 Å². The van der Waals surface area contributed by atoms with E-state index in [1.165, 1.54) is 0 Å². The second-order valence-corrected chi connectivity index (χ2v) is 0. The Kier molecular flexibility index (Phi) is 22900000. The van der Waals surface area contributed by atoms with Gasteiger partial charge in [0.25, 0.3) is 0 Å². The first-order valence-corrected chi connectivity index (χ1v) is 0. The Labute approximate surface area is 451 Å². The minimum Gasteiger partial charge on any atom is -0.412 e. The Morgan fingerprint density at radius 1 is 0.0122 bits per heavy atom. The van der Waals surface area contributed by atoms with Crippen molar-refractivity contribution in [3.05, 3.63) is 0 Å². The molecule has 0 saturated heterocycles. The van der Waals surface area contributed by atoms with Crippen molar-refractivity contribution in [2.75, 3.05) is 0 Å². The van der Waals surface area contributed by atoms with Crippen molar-refractivity contribution in [2.24, 2.45) is 0 Å². The van der Waals surface area contributed by atoms with E-state index in [4.69, 9.17) is 0 Å². The molecule has 0 fully saturated rings. The largest absolute Gasteiger partial charge is 0.412 e. The summed E-state index contributed by atoms with van der Waals surface area (Å²) in [6, 6.07) is 0. The molecule has 82 heteroatoms. The molecule has 0 aromatic carbocycles. The third-order valence-electron chi connectivity index (χ3n) is 0. The summed E-state index contributed by atoms with van der Waals surface area (Å²) in [7, 11) is 0. The number of rotatable bonds is 0. The van der Waals surface area contributed by atoms with Gasteiger partial charge in [-0.25, -0.2) is 0 Å². The maximum absolute atomic E-state index is 0. The smallest absolute Gasteiger partial charge is 0.412 e. The van der Waals surface area contributed by atoms with Crippen LogP contribution in [-0.4, -0.2) is 449 Å². The maximum atomic E-state index is 0. The van der Waals surface area contributed by atoms with Gasteiger partial charge in [0, 0.05) is 0 Å². The quantitative estimate of drug-likeness (QED) is 0.218. The standard InChI is InChI=1S/82H2O/h82*1H2. The van der Waals surface area contributed by atoms with Crippen LogP contribution in [0, 0.1) is 0 Å². The van der Waals surface area contributed by atoms with E-state index in [-0.39, 0.29) is 449 Å². The molecule has 0 aromatic rings. The van der Waals surface area contributed by atoms with Crippen LogP contribution in [0.4, 0.5) is 0 Å². The zero-order valence-electron chi connectivity index (χ0n) is 41.0. The van der Waals surface area contributed by atoms with Crippen molar-refractivity contribution < 1.29 is 449 Å². The summed E-state index contributed by atoms with van der Waals surface area (Å²) < 4.78 is 0. The SMILES string of the molecule is O.O.O.O.O.O.O.O.O.O.O.O.O.O.O.O.O.O.O.O.O.O.O.O.O.O.O.O.O.O.O.O.O.O.O.O.O.O.O.O.O.O.O.O.O.O.O.O.O.O.O.O.O.O.O.O.O.O.O.O.O.O.O.O.O.O.O.O.O.O.O.O.O.O.O.O.O.O.O.O.O.O. The van der Waals surface area contributed by atoms with Gasteiger partial charge in [0.15, 0.2) is 0 Å². The fraction of sp³-hybridized carbons (Fsp3) is 0. The lowest BCUT2D eigenvalue weighted by Gasteiger charge is -0.413. The van der Waals surface area contributed by atoms with E-state index in [1.807, 2.05) is 0 Å². The van der Waals surface area contributed by atoms with Crippen LogP contribution >= 0.6 is 0 Å². The molecule has 0 aliphatic heterocycles. The molecule has 0 bridgehead atoms. The lowest BCUT2D eigenvalue weighted by atomic mass is 16.0. The van der Waals surface area contributed by atoms with E-state index in [9.17, 15) is 0 Å². The molecule has 0 aliphatic carbocycles. The van der Waals surface area contributed by atoms with Crippen LogP contribution in [0.3, 0.4) is 0 Å². The summed E-state index contributed by atoms with van der Waals surface area (Å²) in [4.78, 5) is 0. The monoisotopic (exact) mass is 1480 g/mol. The Balaban J connectivity index is 0. The fourth-order valence-electron chi connectivity index (χ4n) is 0. The average Bonchev–Trinajstić information content (AvgIpc) is 0. The van der Waals surface area contributed by atoms with Crippen molar-refractivity contribution in [2.45, 2.75) is 0 Å². The van der Waals surface area contributed by atoms with Crippen molar-refractivity contribution in [3.63, 3.8) is 0 Å². The lowest BCUT2D eigenvalue weighted by molar-refractivity contribution is 0.823. The molecule has 82 heavy (non-hydrogen) atoms. The van der Waals surface area contributed by atoms with Crippen LogP contribution in [0.25, 0.3) is 0 Å². The first kappa shape index (κ1) is 44200. The van der Waals surface area contributed by atoms with Crippen LogP contribution in [0.2, 0.25) is 0 Å². The maximum Gasteiger partial charge on any atom is -0.412 e. The van der Waals surface area contributed by atoms with Crippen molar-refractivity contribution in [1.82, 2.24) is 0 Å². The van der Waals surface area contributed by atoms with E-state index in [1.54, 1.807) is 0 Å². The molecule has 0 aromatic heterocycles. The number of hydrogen-bond donors (Lipinski definition) is 0. The van der Waals surface area contributed by atoms with Gasteiger partial charge in [-0.2, -0.15) is 0 Å². The van der Waals surface area contributed by atoms with Gasteiger partial charge in [-0.3, -0.25) is 0 Å². The molecule has 656 valence electrons. The first-order valence-electron chi connectivity index (χ1n) is 0. The molecular weight excluding hydrogens is 1310 g/mol. The average molecular weight is 1480 g/mol. The summed E-state index contributed by atoms with van der Waals surface area (Å²) in [5, 5.41) is 0. The summed E-state index contributed by atoms with van der Waals surface area (Å²) in [5.41, 5.74) is 0. The molecule has 82 nitrogen and oxygen atoms in total. The van der Waals surface area contributed by atoms with Crippen LogP contribution in [0.15, 0.2) is 0 Å². The molecule has 0 radical (unpaired) electrons. The predicted molar refractivity (Wildman–Crippen MR) is 296 cm³/mol. The summed E-state index contributed by atoms with van der Waals surface area (Å²) in [6.07, 6.45) is 0. The van der Waals surface area contributed by atoms with E-state index < -0.39 is 0 Å². The molecule has 0 amide bonds. The van der Waals surface area contributed by atoms with Crippen molar-refractivity contribution in [1.29, 1.82) is 0 Å². The highest BCUT2D eigenvalue weighted by Gasteiger charge is -0.331. The third-order valence-corrected chi connectivity index (χ3v) is 0. The van der Waals surface area contributed by atoms with Gasteiger partial charge in [-0.15, -0.1) is 0 Å². The Hall–Kier alpha value is -3.28. The van der Waals surface area contributed by atoms with E-state index in [0.29, 0.717) is 0 Å². The molecule has 0 spiro atoms. The van der Waals surface area contributed by atoms with Crippen molar-refractivity contribution in [3.8, 4) is 0 Å². The molecule has 0 unspecified atom stereocenters. The topological polar surface area (TPSA) is 2580 Å². The van der Waals surface area contributed by atoms with Gasteiger partial charge in [-0.05, 0) is 0 Å². The molecule has 0 rings (SSSR count). The molecule has 164 N–H and O–H groups in total. The minimum atomic E-state index is 0. The lowest BCUT2D eigenvalue weighted by Crippen LogP contribution is -0.290. The van der Waals surface area contributed by atoms with Gasteiger partial charge < -0.3 is 449 Å². The molecular formula is H164O82. The van der Waals surface area contributed by atoms with E-state index in [2.05, 4.69) is 0 Å². The Morgan fingerprint density at radius 2 is 0.0122 bits per heavy atom. The summed E-state index contributed by atoms with van der Waals surface area (Å²) in [6.45, 7) is 0. The second-order valence-electron chi connectivity index (χ2n) is 0. The molecule has 0 atom stereocenters. The fourth-order valence-corrected chi connectivity index (χ4v) is 0. The Morgan fingerprint density at radius 3 is 0.0122 bits per heavy atom. The molecule has 0 aliphatic rings. The van der Waals surface area contributed by atoms with Crippen molar-refractivity contribution >= 4 is 0 Å². The second kappa shape index (κ2) is 42500. The molecule has 0 heterocycles. The Bertz CT molecular complexity index is 0. The first-order chi connectivity index (χ1) is 0. The van der Waals surface area contributed by atoms with Gasteiger partial charge in [0.2, 0.25) is 0 Å². The third kappa shape index (κ3) is 40900. The highest BCUT2D eigenvalue weighted by atomic mass is 16.1. The van der Waals surface area contributed by atoms with Crippen LogP contribution in [0.5, 0.6) is 0 Å². The zero-order chi connectivity index (χ0) is 0. The predicted octanol–water partition coefficient (Wildman–Crippen LogP) is -67.6. The summed E-state index contributed by atoms with van der Waals surface area (Å²) >= 11 is 0. The van der Waals surface area contributed by atoms with Crippen LogP contribution < -0.4 is 0 Å². The highest BCUT2D eigenvalue weighted by molar-refractivity contribution is 0.905. The van der Waals surface area contributed by atoms with Gasteiger partial charge in [-0.1, -0.05) is 0 Å². The zero-order valence-corrected chi connectivity index (χ0v) is 41.0. The molecule has 0 saturated carbocycles. The highest BCUT2D eigenvalue weighted by Crippen LogP contribution is -0.208.